The van der Waals surface area contributed by atoms with Gasteiger partial charge >= 0.3 is 6.18 Å². The Morgan fingerprint density at radius 1 is 1.17 bits per heavy atom. The van der Waals surface area contributed by atoms with Crippen molar-refractivity contribution in [3.8, 4) is 0 Å². The molecule has 10 heteroatoms. The number of piperidine rings is 1. The first-order valence-corrected chi connectivity index (χ1v) is 11.5. The van der Waals surface area contributed by atoms with E-state index in [4.69, 9.17) is 0 Å². The predicted molar refractivity (Wildman–Crippen MR) is 101 cm³/mol. The molecular weight excluding hydrogens is 409 g/mol. The van der Waals surface area contributed by atoms with Crippen LogP contribution in [0.4, 0.5) is 18.9 Å². The molecular formula is C19H23F3N2O4S. The summed E-state index contributed by atoms with van der Waals surface area (Å²) >= 11 is 0. The number of benzene rings is 1. The summed E-state index contributed by atoms with van der Waals surface area (Å²) in [4.78, 5) is 26.2. The summed E-state index contributed by atoms with van der Waals surface area (Å²) in [5, 5.41) is 2.47. The number of carbonyl (C=O) groups is 2. The highest BCUT2D eigenvalue weighted by Gasteiger charge is 2.34. The van der Waals surface area contributed by atoms with Crippen LogP contribution in [0.3, 0.4) is 0 Å². The molecule has 2 amide bonds. The summed E-state index contributed by atoms with van der Waals surface area (Å²) in [7, 11) is -3.22. The minimum Gasteiger partial charge on any atom is -0.338 e. The van der Waals surface area contributed by atoms with E-state index < -0.39 is 27.5 Å². The van der Waals surface area contributed by atoms with Gasteiger partial charge in [-0.15, -0.1) is 0 Å². The third-order valence-corrected chi connectivity index (χ3v) is 6.14. The van der Waals surface area contributed by atoms with Crippen molar-refractivity contribution in [1.29, 1.82) is 0 Å². The molecule has 0 spiro atoms. The fourth-order valence-electron chi connectivity index (χ4n) is 3.57. The number of anilines is 1. The summed E-state index contributed by atoms with van der Waals surface area (Å²) in [6, 6.07) is 2.84. The molecule has 1 aromatic rings. The number of alkyl halides is 3. The molecule has 1 atom stereocenters. The van der Waals surface area contributed by atoms with Crippen LogP contribution in [0.5, 0.6) is 0 Å². The first-order valence-electron chi connectivity index (χ1n) is 9.42. The lowest BCUT2D eigenvalue weighted by atomic mass is 9.98. The molecule has 1 aliphatic heterocycles. The van der Waals surface area contributed by atoms with Gasteiger partial charge in [-0.25, -0.2) is 8.42 Å². The lowest BCUT2D eigenvalue weighted by molar-refractivity contribution is -0.137. The molecule has 1 saturated heterocycles. The number of sulfone groups is 1. The number of hydrogen-bond donors (Lipinski definition) is 1. The fourth-order valence-corrected chi connectivity index (χ4v) is 4.70. The van der Waals surface area contributed by atoms with Crippen LogP contribution in [0, 0.1) is 11.8 Å². The second-order valence-corrected chi connectivity index (χ2v) is 10.1. The van der Waals surface area contributed by atoms with Gasteiger partial charge in [0.2, 0.25) is 5.91 Å². The van der Waals surface area contributed by atoms with Gasteiger partial charge in [-0.3, -0.25) is 9.59 Å². The molecule has 1 N–H and O–H groups in total. The zero-order valence-electron chi connectivity index (χ0n) is 16.0. The second kappa shape index (κ2) is 7.97. The summed E-state index contributed by atoms with van der Waals surface area (Å²) in [5.74, 6) is -1.46. The third-order valence-electron chi connectivity index (χ3n) is 5.07. The largest absolute Gasteiger partial charge is 0.416 e. The van der Waals surface area contributed by atoms with Crippen molar-refractivity contribution in [1.82, 2.24) is 4.90 Å². The Morgan fingerprint density at radius 3 is 2.45 bits per heavy atom. The molecule has 160 valence electrons. The van der Waals surface area contributed by atoms with E-state index in [0.29, 0.717) is 32.2 Å². The van der Waals surface area contributed by atoms with Crippen molar-refractivity contribution in [2.45, 2.75) is 31.9 Å². The number of hydrogen-bond acceptors (Lipinski definition) is 4. The molecule has 3 rings (SSSR count). The summed E-state index contributed by atoms with van der Waals surface area (Å²) in [5.41, 5.74) is -1.25. The quantitative estimate of drug-likeness (QED) is 0.776. The first kappa shape index (κ1) is 21.6. The third kappa shape index (κ3) is 5.94. The lowest BCUT2D eigenvalue weighted by Gasteiger charge is -2.32. The zero-order valence-corrected chi connectivity index (χ0v) is 16.8. The number of halogens is 3. The zero-order chi connectivity index (χ0) is 21.4. The summed E-state index contributed by atoms with van der Waals surface area (Å²) in [6.07, 6.45) is -0.929. The topological polar surface area (TPSA) is 83.6 Å². The SMILES string of the molecule is CS(=O)(=O)CC1CCCN(C(=O)c2cc(NC(=O)C3CC3)cc(C(F)(F)F)c2)C1. The fraction of sp³-hybridized carbons (Fsp3) is 0.579. The van der Waals surface area contributed by atoms with Crippen LogP contribution in [-0.2, 0) is 20.8 Å². The van der Waals surface area contributed by atoms with E-state index in [9.17, 15) is 31.2 Å². The van der Waals surface area contributed by atoms with Crippen molar-refractivity contribution < 1.29 is 31.2 Å². The second-order valence-electron chi connectivity index (χ2n) is 7.91. The van der Waals surface area contributed by atoms with Gasteiger partial charge in [0, 0.05) is 36.5 Å². The van der Waals surface area contributed by atoms with E-state index in [0.717, 1.165) is 18.4 Å². The Balaban J connectivity index is 1.83. The Labute approximate surface area is 167 Å². The van der Waals surface area contributed by atoms with Crippen LogP contribution in [0.15, 0.2) is 18.2 Å². The molecule has 2 aliphatic rings. The molecule has 1 unspecified atom stereocenters. The Kier molecular flexibility index (Phi) is 5.93. The molecule has 29 heavy (non-hydrogen) atoms. The van der Waals surface area contributed by atoms with Gasteiger partial charge in [-0.1, -0.05) is 0 Å². The maximum atomic E-state index is 13.3. The minimum absolute atomic E-state index is 0.0650. The first-order chi connectivity index (χ1) is 13.4. The van der Waals surface area contributed by atoms with Crippen molar-refractivity contribution in [2.24, 2.45) is 11.8 Å². The van der Waals surface area contributed by atoms with Gasteiger partial charge in [0.25, 0.3) is 5.91 Å². The van der Waals surface area contributed by atoms with Crippen LogP contribution in [0.2, 0.25) is 0 Å². The van der Waals surface area contributed by atoms with Crippen molar-refractivity contribution in [3.05, 3.63) is 29.3 Å². The number of carbonyl (C=O) groups excluding carboxylic acids is 2. The van der Waals surface area contributed by atoms with Gasteiger partial charge in [0.15, 0.2) is 0 Å². The highest BCUT2D eigenvalue weighted by Crippen LogP contribution is 2.34. The highest BCUT2D eigenvalue weighted by atomic mass is 32.2. The van der Waals surface area contributed by atoms with Crippen LogP contribution in [-0.4, -0.2) is 50.2 Å². The number of nitrogens with one attached hydrogen (secondary N) is 1. The van der Waals surface area contributed by atoms with Crippen LogP contribution < -0.4 is 5.32 Å². The van der Waals surface area contributed by atoms with E-state index in [1.165, 1.54) is 11.0 Å². The smallest absolute Gasteiger partial charge is 0.338 e. The van der Waals surface area contributed by atoms with Crippen molar-refractivity contribution in [2.75, 3.05) is 30.4 Å². The van der Waals surface area contributed by atoms with Gasteiger partial charge in [0.05, 0.1) is 11.3 Å². The Bertz CT molecular complexity index is 911. The van der Waals surface area contributed by atoms with E-state index >= 15 is 0 Å². The average molecular weight is 432 g/mol. The maximum absolute atomic E-state index is 13.3. The number of likely N-dealkylation sites (tertiary alicyclic amines) is 1. The van der Waals surface area contributed by atoms with Gasteiger partial charge in [-0.2, -0.15) is 13.2 Å². The Morgan fingerprint density at radius 2 is 1.86 bits per heavy atom. The van der Waals surface area contributed by atoms with E-state index in [-0.39, 0.29) is 41.3 Å². The van der Waals surface area contributed by atoms with E-state index in [1.54, 1.807) is 0 Å². The standard InChI is InChI=1S/C19H23F3N2O4S/c1-29(27,28)11-12-3-2-6-24(10-12)18(26)14-7-15(19(20,21)22)9-16(8-14)23-17(25)13-4-5-13/h7-9,12-13H,2-6,10-11H2,1H3,(H,23,25). The molecule has 0 aromatic heterocycles. The van der Waals surface area contributed by atoms with Gasteiger partial charge < -0.3 is 10.2 Å². The maximum Gasteiger partial charge on any atom is 0.416 e. The Hall–Kier alpha value is -2.10. The molecule has 6 nitrogen and oxygen atoms in total. The van der Waals surface area contributed by atoms with Crippen molar-refractivity contribution in [3.63, 3.8) is 0 Å². The molecule has 0 bridgehead atoms. The minimum atomic E-state index is -4.67. The highest BCUT2D eigenvalue weighted by molar-refractivity contribution is 7.90. The number of rotatable bonds is 5. The normalized spacial score (nSPS) is 20.4. The van der Waals surface area contributed by atoms with Crippen LogP contribution in [0.1, 0.15) is 41.6 Å². The lowest BCUT2D eigenvalue weighted by Crippen LogP contribution is -2.41. The van der Waals surface area contributed by atoms with E-state index in [2.05, 4.69) is 5.32 Å². The molecule has 1 heterocycles. The van der Waals surface area contributed by atoms with E-state index in [1.807, 2.05) is 0 Å². The molecule has 1 aliphatic carbocycles. The monoisotopic (exact) mass is 432 g/mol. The van der Waals surface area contributed by atoms with Gasteiger partial charge in [0.1, 0.15) is 9.84 Å². The molecule has 1 aromatic carbocycles. The van der Waals surface area contributed by atoms with Crippen LogP contribution in [0.25, 0.3) is 0 Å². The van der Waals surface area contributed by atoms with Gasteiger partial charge in [-0.05, 0) is 49.8 Å². The van der Waals surface area contributed by atoms with Crippen LogP contribution >= 0.6 is 0 Å². The summed E-state index contributed by atoms with van der Waals surface area (Å²) in [6.45, 7) is 0.519. The number of nitrogens with zero attached hydrogens (tertiary/aromatic N) is 1. The average Bonchev–Trinajstić information content (AvgIpc) is 3.44. The molecule has 2 fully saturated rings. The number of amides is 2. The predicted octanol–water partition coefficient (Wildman–Crippen LogP) is 2.95. The molecule has 1 saturated carbocycles. The summed E-state index contributed by atoms with van der Waals surface area (Å²) < 4.78 is 63.0. The molecule has 0 radical (unpaired) electrons. The van der Waals surface area contributed by atoms with Crippen molar-refractivity contribution >= 4 is 27.3 Å².